The van der Waals surface area contributed by atoms with Gasteiger partial charge in [-0.3, -0.25) is 4.57 Å². The van der Waals surface area contributed by atoms with Gasteiger partial charge in [0, 0.05) is 19.6 Å². The Labute approximate surface area is 137 Å². The van der Waals surface area contributed by atoms with E-state index in [4.69, 9.17) is 26.0 Å². The Morgan fingerprint density at radius 1 is 1.42 bits per heavy atom. The number of aliphatic hydroxyl groups is 1. The summed E-state index contributed by atoms with van der Waals surface area (Å²) >= 11 is 0. The first-order chi connectivity index (χ1) is 11.3. The molecular weight excluding hydrogens is 341 g/mol. The number of hydrogen-bond acceptors (Lipinski definition) is 9. The Kier molecular flexibility index (Phi) is 6.04. The van der Waals surface area contributed by atoms with Gasteiger partial charge in [-0.15, -0.1) is 0 Å². The van der Waals surface area contributed by atoms with E-state index in [0.29, 0.717) is 17.0 Å². The van der Waals surface area contributed by atoms with E-state index in [9.17, 15) is 9.67 Å². The number of rotatable bonds is 9. The molecular formula is C11H20N7O5P. The molecule has 1 unspecified atom stereocenters. The average molecular weight is 361 g/mol. The second kappa shape index (κ2) is 7.83. The van der Waals surface area contributed by atoms with Crippen molar-refractivity contribution in [3.8, 4) is 0 Å². The van der Waals surface area contributed by atoms with E-state index in [1.54, 1.807) is 4.57 Å². The van der Waals surface area contributed by atoms with Crippen LogP contribution >= 0.6 is 7.60 Å². The van der Waals surface area contributed by atoms with Crippen LogP contribution in [0.25, 0.3) is 11.2 Å². The van der Waals surface area contributed by atoms with Crippen molar-refractivity contribution < 1.29 is 24.2 Å². The first-order valence-electron chi connectivity index (χ1n) is 7.03. The van der Waals surface area contributed by atoms with Gasteiger partial charge in [0.1, 0.15) is 6.35 Å². The largest absolute Gasteiger partial charge is 0.390 e. The number of nitrogens with two attached hydrogens (primary N) is 2. The number of anilines is 2. The van der Waals surface area contributed by atoms with Crippen molar-refractivity contribution in [3.63, 3.8) is 0 Å². The molecule has 0 aliphatic rings. The molecule has 2 rings (SSSR count). The first kappa shape index (κ1) is 18.5. The minimum Gasteiger partial charge on any atom is -0.390 e. The minimum atomic E-state index is -4.19. The highest BCUT2D eigenvalue weighted by molar-refractivity contribution is 7.51. The molecule has 0 amide bonds. The smallest absolute Gasteiger partial charge is 0.350 e. The molecule has 12 nitrogen and oxygen atoms in total. The van der Waals surface area contributed by atoms with E-state index in [0.717, 1.165) is 0 Å². The number of nitrogens with one attached hydrogen (secondary N) is 1. The zero-order valence-corrected chi connectivity index (χ0v) is 13.6. The van der Waals surface area contributed by atoms with Crippen molar-refractivity contribution in [3.05, 3.63) is 6.33 Å². The van der Waals surface area contributed by atoms with E-state index < -0.39 is 20.0 Å². The van der Waals surface area contributed by atoms with Gasteiger partial charge in [0.15, 0.2) is 17.0 Å². The average Bonchev–Trinajstić information content (AvgIpc) is 2.90. The molecule has 0 radical (unpaired) electrons. The van der Waals surface area contributed by atoms with Crippen molar-refractivity contribution in [1.82, 2.24) is 19.5 Å². The van der Waals surface area contributed by atoms with Crippen LogP contribution in [0.4, 0.5) is 11.8 Å². The molecule has 0 aromatic carbocycles. The van der Waals surface area contributed by atoms with Gasteiger partial charge >= 0.3 is 7.60 Å². The van der Waals surface area contributed by atoms with E-state index >= 15 is 0 Å². The number of fused-ring (bicyclic) bond motifs is 1. The van der Waals surface area contributed by atoms with Crippen molar-refractivity contribution in [2.45, 2.75) is 12.6 Å². The van der Waals surface area contributed by atoms with Gasteiger partial charge in [-0.25, -0.2) is 4.98 Å². The summed E-state index contributed by atoms with van der Waals surface area (Å²) in [4.78, 5) is 29.8. The zero-order valence-electron chi connectivity index (χ0n) is 12.7. The van der Waals surface area contributed by atoms with E-state index in [-0.39, 0.29) is 32.2 Å². The van der Waals surface area contributed by atoms with Crippen LogP contribution in [-0.2, 0) is 15.8 Å². The fraction of sp³-hybridized carbons (Fsp3) is 0.545. The highest BCUT2D eigenvalue weighted by Gasteiger charge is 2.15. The number of imidazole rings is 1. The minimum absolute atomic E-state index is 0.0186. The van der Waals surface area contributed by atoms with E-state index in [2.05, 4.69) is 20.3 Å². The van der Waals surface area contributed by atoms with Gasteiger partial charge in [-0.2, -0.15) is 9.97 Å². The Bertz CT molecular complexity index is 733. The molecule has 8 N–H and O–H groups in total. The Morgan fingerprint density at radius 2 is 2.17 bits per heavy atom. The van der Waals surface area contributed by atoms with Gasteiger partial charge in [0.05, 0.1) is 19.0 Å². The SMILES string of the molecule is NCC(O)CNc1nc(N)nc2c1ncn2CCOCP(=O)(O)O. The Balaban J connectivity index is 2.10. The van der Waals surface area contributed by atoms with Crippen LogP contribution in [0.3, 0.4) is 0 Å². The number of hydrogen-bond donors (Lipinski definition) is 6. The summed E-state index contributed by atoms with van der Waals surface area (Å²) in [6.07, 6.45) is 0.101. The monoisotopic (exact) mass is 361 g/mol. The number of aromatic nitrogens is 4. The zero-order chi connectivity index (χ0) is 17.7. The maximum Gasteiger partial charge on any atom is 0.350 e. The second-order valence-corrected chi connectivity index (χ2v) is 6.60. The maximum absolute atomic E-state index is 10.7. The number of nitrogen functional groups attached to an aromatic ring is 1. The lowest BCUT2D eigenvalue weighted by atomic mass is 10.3. The summed E-state index contributed by atoms with van der Waals surface area (Å²) in [6, 6.07) is 0. The molecule has 0 spiro atoms. The second-order valence-electron chi connectivity index (χ2n) is 5.01. The molecule has 1 atom stereocenters. The number of ether oxygens (including phenoxy) is 1. The van der Waals surface area contributed by atoms with Crippen molar-refractivity contribution in [2.75, 3.05) is 37.1 Å². The standard InChI is InChI=1S/C11H20N7O5P/c12-3-7(19)4-14-9-8-10(17-11(13)16-9)18(5-15-8)1-2-23-6-24(20,21)22/h5,7,19H,1-4,6,12H2,(H2,20,21,22)(H3,13,14,16,17). The molecule has 0 aliphatic heterocycles. The van der Waals surface area contributed by atoms with Crippen molar-refractivity contribution in [1.29, 1.82) is 0 Å². The van der Waals surface area contributed by atoms with Crippen LogP contribution < -0.4 is 16.8 Å². The molecule has 13 heteroatoms. The quantitative estimate of drug-likeness (QED) is 0.220. The number of nitrogens with zero attached hydrogens (tertiary/aromatic N) is 4. The van der Waals surface area contributed by atoms with Gasteiger partial charge in [0.2, 0.25) is 5.95 Å². The Morgan fingerprint density at radius 3 is 2.83 bits per heavy atom. The molecule has 134 valence electrons. The van der Waals surface area contributed by atoms with Crippen molar-refractivity contribution >= 4 is 30.5 Å². The highest BCUT2D eigenvalue weighted by atomic mass is 31.2. The van der Waals surface area contributed by atoms with Gasteiger partial charge in [0.25, 0.3) is 0 Å². The summed E-state index contributed by atoms with van der Waals surface area (Å²) in [6.45, 7) is 0.620. The van der Waals surface area contributed by atoms with Gasteiger partial charge in [-0.1, -0.05) is 0 Å². The van der Waals surface area contributed by atoms with Crippen LogP contribution in [0.1, 0.15) is 0 Å². The third kappa shape index (κ3) is 5.09. The molecule has 0 bridgehead atoms. The molecule has 2 heterocycles. The third-order valence-corrected chi connectivity index (χ3v) is 3.51. The van der Waals surface area contributed by atoms with Crippen LogP contribution in [0.2, 0.25) is 0 Å². The predicted molar refractivity (Wildman–Crippen MR) is 86.1 cm³/mol. The first-order valence-corrected chi connectivity index (χ1v) is 8.82. The molecule has 0 fully saturated rings. The Hall–Kier alpha value is -1.82. The van der Waals surface area contributed by atoms with Crippen LogP contribution in [-0.4, -0.2) is 66.6 Å². The van der Waals surface area contributed by atoms with E-state index in [1.807, 2.05) is 0 Å². The van der Waals surface area contributed by atoms with Crippen LogP contribution in [0.5, 0.6) is 0 Å². The summed E-state index contributed by atoms with van der Waals surface area (Å²) in [5, 5.41) is 12.4. The summed E-state index contributed by atoms with van der Waals surface area (Å²) in [7, 11) is -4.19. The lowest BCUT2D eigenvalue weighted by Crippen LogP contribution is -2.28. The molecule has 0 saturated heterocycles. The molecule has 0 saturated carbocycles. The summed E-state index contributed by atoms with van der Waals surface area (Å²) in [5.41, 5.74) is 11.9. The maximum atomic E-state index is 10.7. The highest BCUT2D eigenvalue weighted by Crippen LogP contribution is 2.33. The van der Waals surface area contributed by atoms with Crippen LogP contribution in [0, 0.1) is 0 Å². The molecule has 0 aliphatic carbocycles. The number of aliphatic hydroxyl groups excluding tert-OH is 1. The van der Waals surface area contributed by atoms with Gasteiger partial charge in [-0.05, 0) is 0 Å². The summed E-state index contributed by atoms with van der Waals surface area (Å²) < 4.78 is 17.3. The molecule has 2 aromatic heterocycles. The van der Waals surface area contributed by atoms with Crippen LogP contribution in [0.15, 0.2) is 6.33 Å². The lowest BCUT2D eigenvalue weighted by molar-refractivity contribution is 0.149. The summed E-state index contributed by atoms with van der Waals surface area (Å²) in [5.74, 6) is 0.380. The topological polar surface area (TPSA) is 195 Å². The third-order valence-electron chi connectivity index (χ3n) is 2.99. The fourth-order valence-corrected chi connectivity index (χ4v) is 2.26. The molecule has 2 aromatic rings. The van der Waals surface area contributed by atoms with E-state index in [1.165, 1.54) is 6.33 Å². The lowest BCUT2D eigenvalue weighted by Gasteiger charge is -2.11. The normalized spacial score (nSPS) is 13.3. The fourth-order valence-electron chi connectivity index (χ4n) is 1.89. The van der Waals surface area contributed by atoms with Crippen molar-refractivity contribution in [2.24, 2.45) is 5.73 Å². The predicted octanol–water partition coefficient (Wildman–Crippen LogP) is -1.71. The van der Waals surface area contributed by atoms with Gasteiger partial charge < -0.3 is 41.0 Å². The molecule has 24 heavy (non-hydrogen) atoms.